The summed E-state index contributed by atoms with van der Waals surface area (Å²) in [6, 6.07) is 0. The van der Waals surface area contributed by atoms with Gasteiger partial charge < -0.3 is 10.7 Å². The van der Waals surface area contributed by atoms with E-state index in [0.717, 1.165) is 0 Å². The number of rotatable bonds is 1. The van der Waals surface area contributed by atoms with E-state index in [2.05, 4.69) is 15.0 Å². The predicted molar refractivity (Wildman–Crippen MR) is 54.9 cm³/mol. The van der Waals surface area contributed by atoms with Crippen LogP contribution in [0.1, 0.15) is 12.7 Å². The van der Waals surface area contributed by atoms with E-state index in [1.54, 1.807) is 0 Å². The van der Waals surface area contributed by atoms with Gasteiger partial charge in [0, 0.05) is 0 Å². The highest BCUT2D eigenvalue weighted by Crippen LogP contribution is 2.34. The quantitative estimate of drug-likeness (QED) is 0.563. The van der Waals surface area contributed by atoms with Crippen molar-refractivity contribution in [2.24, 2.45) is 5.73 Å². The van der Waals surface area contributed by atoms with Crippen molar-refractivity contribution in [3.05, 3.63) is 26.7 Å². The third kappa shape index (κ3) is 1.70. The predicted octanol–water partition coefficient (Wildman–Crippen LogP) is -0.324. The summed E-state index contributed by atoms with van der Waals surface area (Å²) in [6.45, 7) is 0.705. The molecule has 0 saturated heterocycles. The van der Waals surface area contributed by atoms with Crippen LogP contribution in [0.5, 0.6) is 0 Å². The molecule has 2 aromatic rings. The van der Waals surface area contributed by atoms with E-state index in [0.29, 0.717) is 6.92 Å². The first-order valence-corrected chi connectivity index (χ1v) is 4.71. The van der Waals surface area contributed by atoms with Gasteiger partial charge in [-0.05, 0) is 6.92 Å². The van der Waals surface area contributed by atoms with Crippen LogP contribution in [0.3, 0.4) is 0 Å². The molecule has 0 spiro atoms. The van der Waals surface area contributed by atoms with E-state index >= 15 is 0 Å². The summed E-state index contributed by atoms with van der Waals surface area (Å²) in [5, 5.41) is 0. The van der Waals surface area contributed by atoms with Crippen molar-refractivity contribution in [2.75, 3.05) is 0 Å². The second-order valence-corrected chi connectivity index (χ2v) is 3.92. The summed E-state index contributed by atoms with van der Waals surface area (Å²) in [7, 11) is 0. The number of halogens is 3. The lowest BCUT2D eigenvalue weighted by Crippen LogP contribution is -2.48. The summed E-state index contributed by atoms with van der Waals surface area (Å²) in [5.74, 6) is -0.655. The first-order chi connectivity index (χ1) is 8.13. The first kappa shape index (κ1) is 12.4. The summed E-state index contributed by atoms with van der Waals surface area (Å²) in [6.07, 6.45) is -4.76. The number of aromatic nitrogens is 4. The highest BCUT2D eigenvalue weighted by atomic mass is 19.4. The Morgan fingerprint density at radius 3 is 2.33 bits per heavy atom. The van der Waals surface area contributed by atoms with Crippen LogP contribution >= 0.6 is 0 Å². The minimum absolute atomic E-state index is 0.273. The average Bonchev–Trinajstić information content (AvgIpc) is 2.59. The SMILES string of the molecule is CC(N)(c1nc2[nH]c(=O)[nH]c(=O)c2[nH]1)C(F)(F)F. The fraction of sp³-hybridized carbons (Fsp3) is 0.375. The summed E-state index contributed by atoms with van der Waals surface area (Å²) >= 11 is 0. The second-order valence-electron chi connectivity index (χ2n) is 3.92. The molecular formula is C8H8F3N5O2. The third-order valence-corrected chi connectivity index (χ3v) is 2.47. The molecule has 2 rings (SSSR count). The Morgan fingerprint density at radius 1 is 1.17 bits per heavy atom. The van der Waals surface area contributed by atoms with E-state index in [4.69, 9.17) is 5.73 Å². The monoisotopic (exact) mass is 263 g/mol. The fourth-order valence-corrected chi connectivity index (χ4v) is 1.31. The lowest BCUT2D eigenvalue weighted by atomic mass is 10.0. The van der Waals surface area contributed by atoms with Gasteiger partial charge in [-0.15, -0.1) is 0 Å². The standard InChI is InChI=1S/C8H8F3N5O2/c1-7(12,8(9,10)11)5-13-2-3(14-5)15-6(18)16-4(2)17/h12H2,1H3,(H3,13,14,15,16,17,18). The van der Waals surface area contributed by atoms with Crippen LogP contribution in [-0.2, 0) is 5.54 Å². The van der Waals surface area contributed by atoms with E-state index in [1.807, 2.05) is 4.98 Å². The van der Waals surface area contributed by atoms with Crippen molar-refractivity contribution in [1.29, 1.82) is 0 Å². The molecule has 98 valence electrons. The number of nitrogens with zero attached hydrogens (tertiary/aromatic N) is 1. The average molecular weight is 263 g/mol. The van der Waals surface area contributed by atoms with E-state index in [-0.39, 0.29) is 11.2 Å². The maximum Gasteiger partial charge on any atom is 0.413 e. The van der Waals surface area contributed by atoms with Gasteiger partial charge in [-0.25, -0.2) is 9.78 Å². The molecule has 0 aliphatic heterocycles. The molecule has 7 nitrogen and oxygen atoms in total. The molecule has 2 aromatic heterocycles. The molecule has 0 saturated carbocycles. The Bertz CT molecular complexity index is 708. The zero-order valence-electron chi connectivity index (χ0n) is 8.97. The van der Waals surface area contributed by atoms with Crippen LogP contribution in [0.4, 0.5) is 13.2 Å². The summed E-state index contributed by atoms with van der Waals surface area (Å²) < 4.78 is 38.1. The number of hydrogen-bond acceptors (Lipinski definition) is 4. The molecule has 10 heteroatoms. The fourth-order valence-electron chi connectivity index (χ4n) is 1.31. The zero-order chi connectivity index (χ0) is 13.7. The molecule has 0 aliphatic carbocycles. The largest absolute Gasteiger partial charge is 0.413 e. The smallest absolute Gasteiger partial charge is 0.334 e. The molecule has 0 radical (unpaired) electrons. The molecule has 1 atom stereocenters. The molecule has 0 aliphatic rings. The van der Waals surface area contributed by atoms with Crippen molar-refractivity contribution < 1.29 is 13.2 Å². The molecule has 18 heavy (non-hydrogen) atoms. The number of H-pyrrole nitrogens is 3. The summed E-state index contributed by atoms with van der Waals surface area (Å²) in [4.78, 5) is 31.9. The van der Waals surface area contributed by atoms with Gasteiger partial charge in [-0.3, -0.25) is 14.8 Å². The number of nitrogens with two attached hydrogens (primary N) is 1. The van der Waals surface area contributed by atoms with Crippen molar-refractivity contribution >= 4 is 11.2 Å². The maximum atomic E-state index is 12.7. The van der Waals surface area contributed by atoms with Gasteiger partial charge in [-0.1, -0.05) is 0 Å². The van der Waals surface area contributed by atoms with Gasteiger partial charge in [0.1, 0.15) is 11.3 Å². The maximum absolute atomic E-state index is 12.7. The van der Waals surface area contributed by atoms with Gasteiger partial charge in [0.25, 0.3) is 5.56 Å². The highest BCUT2D eigenvalue weighted by Gasteiger charge is 2.51. The van der Waals surface area contributed by atoms with Crippen molar-refractivity contribution in [2.45, 2.75) is 18.6 Å². The van der Waals surface area contributed by atoms with Crippen LogP contribution in [0, 0.1) is 0 Å². The lowest BCUT2D eigenvalue weighted by Gasteiger charge is -2.24. The van der Waals surface area contributed by atoms with Crippen molar-refractivity contribution in [1.82, 2.24) is 19.9 Å². The molecule has 2 heterocycles. The van der Waals surface area contributed by atoms with Gasteiger partial charge in [-0.2, -0.15) is 13.2 Å². The van der Waals surface area contributed by atoms with Crippen LogP contribution in [0.25, 0.3) is 11.2 Å². The minimum Gasteiger partial charge on any atom is -0.334 e. The Hall–Kier alpha value is -2.10. The normalized spacial score (nSPS) is 15.8. The Balaban J connectivity index is 2.73. The minimum atomic E-state index is -4.76. The number of hydrogen-bond donors (Lipinski definition) is 4. The number of alkyl halides is 3. The first-order valence-electron chi connectivity index (χ1n) is 4.71. The van der Waals surface area contributed by atoms with E-state index in [9.17, 15) is 22.8 Å². The molecular weight excluding hydrogens is 255 g/mol. The molecule has 0 amide bonds. The van der Waals surface area contributed by atoms with Crippen LogP contribution in [0.15, 0.2) is 9.59 Å². The number of aromatic amines is 3. The number of imidazole rings is 1. The van der Waals surface area contributed by atoms with Crippen LogP contribution in [-0.4, -0.2) is 26.1 Å². The Kier molecular flexibility index (Phi) is 2.37. The zero-order valence-corrected chi connectivity index (χ0v) is 8.97. The third-order valence-electron chi connectivity index (χ3n) is 2.47. The van der Waals surface area contributed by atoms with Gasteiger partial charge in [0.05, 0.1) is 0 Å². The van der Waals surface area contributed by atoms with Crippen LogP contribution < -0.4 is 17.0 Å². The highest BCUT2D eigenvalue weighted by molar-refractivity contribution is 5.68. The Labute approximate surface area is 96.2 Å². The molecule has 0 bridgehead atoms. The molecule has 5 N–H and O–H groups in total. The van der Waals surface area contributed by atoms with E-state index in [1.165, 1.54) is 0 Å². The van der Waals surface area contributed by atoms with Crippen molar-refractivity contribution in [3.63, 3.8) is 0 Å². The number of nitrogens with one attached hydrogen (secondary N) is 3. The Morgan fingerprint density at radius 2 is 1.78 bits per heavy atom. The molecule has 0 aromatic carbocycles. The lowest BCUT2D eigenvalue weighted by molar-refractivity contribution is -0.186. The van der Waals surface area contributed by atoms with Gasteiger partial charge in [0.2, 0.25) is 0 Å². The summed E-state index contributed by atoms with van der Waals surface area (Å²) in [5.41, 5.74) is 0.104. The second kappa shape index (κ2) is 3.45. The van der Waals surface area contributed by atoms with Gasteiger partial charge in [0.15, 0.2) is 11.2 Å². The van der Waals surface area contributed by atoms with Gasteiger partial charge >= 0.3 is 11.9 Å². The van der Waals surface area contributed by atoms with Crippen LogP contribution in [0.2, 0.25) is 0 Å². The molecule has 1 unspecified atom stereocenters. The number of fused-ring (bicyclic) bond motifs is 1. The topological polar surface area (TPSA) is 120 Å². The molecule has 0 fully saturated rings. The van der Waals surface area contributed by atoms with E-state index < -0.39 is 28.8 Å². The van der Waals surface area contributed by atoms with Crippen molar-refractivity contribution in [3.8, 4) is 0 Å².